The Hall–Kier alpha value is -2.76. The molecule has 0 aliphatic carbocycles. The molecule has 0 aliphatic rings. The summed E-state index contributed by atoms with van der Waals surface area (Å²) in [6.07, 6.45) is 0. The third-order valence-corrected chi connectivity index (χ3v) is 2.80. The van der Waals surface area contributed by atoms with Crippen LogP contribution in [0.25, 0.3) is 0 Å². The fourth-order valence-corrected chi connectivity index (χ4v) is 1.73. The number of anilines is 1. The molecule has 0 fully saturated rings. The second-order valence-electron chi connectivity index (χ2n) is 4.20. The SMILES string of the molecule is COC(=O)c1ccc(OCc2cccc(OC)n2)c(N)c1. The number of carbonyl (C=O) groups excluding carboxylic acids is 1. The summed E-state index contributed by atoms with van der Waals surface area (Å²) in [5, 5.41) is 0. The largest absolute Gasteiger partial charge is 0.485 e. The Morgan fingerprint density at radius 2 is 2.05 bits per heavy atom. The van der Waals surface area contributed by atoms with Crippen LogP contribution in [0.4, 0.5) is 5.69 Å². The smallest absolute Gasteiger partial charge is 0.337 e. The molecule has 6 nitrogen and oxygen atoms in total. The second kappa shape index (κ2) is 6.60. The maximum absolute atomic E-state index is 11.4. The maximum Gasteiger partial charge on any atom is 0.337 e. The lowest BCUT2D eigenvalue weighted by Gasteiger charge is -2.10. The Balaban J connectivity index is 2.07. The minimum atomic E-state index is -0.442. The fraction of sp³-hybridized carbons (Fsp3) is 0.200. The number of hydrogen-bond donors (Lipinski definition) is 1. The standard InChI is InChI=1S/C15H16N2O4/c1-19-14-5-3-4-11(17-14)9-21-13-7-6-10(8-12(13)16)15(18)20-2/h3-8H,9,16H2,1-2H3. The average Bonchev–Trinajstić information content (AvgIpc) is 2.53. The molecule has 21 heavy (non-hydrogen) atoms. The summed E-state index contributed by atoms with van der Waals surface area (Å²) in [4.78, 5) is 15.6. The van der Waals surface area contributed by atoms with Gasteiger partial charge in [0.2, 0.25) is 5.88 Å². The van der Waals surface area contributed by atoms with Gasteiger partial charge in [-0.15, -0.1) is 0 Å². The number of carbonyl (C=O) groups is 1. The van der Waals surface area contributed by atoms with Crippen LogP contribution in [-0.2, 0) is 11.3 Å². The summed E-state index contributed by atoms with van der Waals surface area (Å²) in [7, 11) is 2.87. The van der Waals surface area contributed by atoms with E-state index in [0.29, 0.717) is 28.6 Å². The van der Waals surface area contributed by atoms with E-state index < -0.39 is 5.97 Å². The van der Waals surface area contributed by atoms with Gasteiger partial charge in [0.05, 0.1) is 31.2 Å². The van der Waals surface area contributed by atoms with E-state index in [9.17, 15) is 4.79 Å². The first kappa shape index (κ1) is 14.6. The number of methoxy groups -OCH3 is 2. The molecular weight excluding hydrogens is 272 g/mol. The zero-order valence-corrected chi connectivity index (χ0v) is 11.8. The third kappa shape index (κ3) is 3.62. The highest BCUT2D eigenvalue weighted by molar-refractivity contribution is 5.90. The van der Waals surface area contributed by atoms with E-state index in [2.05, 4.69) is 9.72 Å². The van der Waals surface area contributed by atoms with Gasteiger partial charge in [-0.2, -0.15) is 0 Å². The van der Waals surface area contributed by atoms with Crippen molar-refractivity contribution in [2.75, 3.05) is 20.0 Å². The molecule has 0 spiro atoms. The number of esters is 1. The van der Waals surface area contributed by atoms with Gasteiger partial charge in [-0.3, -0.25) is 0 Å². The number of hydrogen-bond acceptors (Lipinski definition) is 6. The van der Waals surface area contributed by atoms with Crippen LogP contribution in [0.15, 0.2) is 36.4 Å². The number of benzene rings is 1. The van der Waals surface area contributed by atoms with Crippen molar-refractivity contribution in [1.82, 2.24) is 4.98 Å². The van der Waals surface area contributed by atoms with Gasteiger partial charge in [-0.05, 0) is 24.3 Å². The molecule has 0 aliphatic heterocycles. The minimum absolute atomic E-state index is 0.249. The van der Waals surface area contributed by atoms with Gasteiger partial charge in [-0.25, -0.2) is 9.78 Å². The molecule has 0 saturated heterocycles. The minimum Gasteiger partial charge on any atom is -0.485 e. The zero-order valence-electron chi connectivity index (χ0n) is 11.8. The Morgan fingerprint density at radius 3 is 2.71 bits per heavy atom. The van der Waals surface area contributed by atoms with Gasteiger partial charge in [-0.1, -0.05) is 6.07 Å². The highest BCUT2D eigenvalue weighted by Gasteiger charge is 2.09. The van der Waals surface area contributed by atoms with Crippen LogP contribution in [0.5, 0.6) is 11.6 Å². The highest BCUT2D eigenvalue weighted by Crippen LogP contribution is 2.24. The molecule has 0 amide bonds. The number of pyridine rings is 1. The van der Waals surface area contributed by atoms with Crippen molar-refractivity contribution in [3.63, 3.8) is 0 Å². The van der Waals surface area contributed by atoms with E-state index in [1.807, 2.05) is 12.1 Å². The number of aromatic nitrogens is 1. The van der Waals surface area contributed by atoms with Crippen molar-refractivity contribution >= 4 is 11.7 Å². The van der Waals surface area contributed by atoms with Gasteiger partial charge in [0, 0.05) is 6.07 Å². The normalized spacial score (nSPS) is 10.0. The van der Waals surface area contributed by atoms with Gasteiger partial charge >= 0.3 is 5.97 Å². The van der Waals surface area contributed by atoms with Crippen molar-refractivity contribution in [3.05, 3.63) is 47.7 Å². The lowest BCUT2D eigenvalue weighted by atomic mass is 10.2. The highest BCUT2D eigenvalue weighted by atomic mass is 16.5. The van der Waals surface area contributed by atoms with E-state index in [0.717, 1.165) is 0 Å². The van der Waals surface area contributed by atoms with Crippen LogP contribution < -0.4 is 15.2 Å². The predicted molar refractivity (Wildman–Crippen MR) is 77.3 cm³/mol. The van der Waals surface area contributed by atoms with Crippen molar-refractivity contribution in [1.29, 1.82) is 0 Å². The van der Waals surface area contributed by atoms with Crippen LogP contribution in [-0.4, -0.2) is 25.2 Å². The Kier molecular flexibility index (Phi) is 4.61. The van der Waals surface area contributed by atoms with Crippen LogP contribution in [0.3, 0.4) is 0 Å². The van der Waals surface area contributed by atoms with Crippen molar-refractivity contribution in [3.8, 4) is 11.6 Å². The lowest BCUT2D eigenvalue weighted by Crippen LogP contribution is -2.05. The molecule has 2 N–H and O–H groups in total. The first-order valence-electron chi connectivity index (χ1n) is 6.24. The zero-order chi connectivity index (χ0) is 15.2. The summed E-state index contributed by atoms with van der Waals surface area (Å²) in [6.45, 7) is 0.249. The molecule has 0 unspecified atom stereocenters. The third-order valence-electron chi connectivity index (χ3n) is 2.80. The van der Waals surface area contributed by atoms with E-state index in [4.69, 9.17) is 15.2 Å². The molecule has 1 heterocycles. The van der Waals surface area contributed by atoms with Crippen molar-refractivity contribution in [2.24, 2.45) is 0 Å². The van der Waals surface area contributed by atoms with Gasteiger partial charge in [0.25, 0.3) is 0 Å². The Bertz CT molecular complexity index is 643. The van der Waals surface area contributed by atoms with Gasteiger partial charge < -0.3 is 19.9 Å². The van der Waals surface area contributed by atoms with Crippen LogP contribution >= 0.6 is 0 Å². The number of ether oxygens (including phenoxy) is 3. The molecule has 0 bridgehead atoms. The predicted octanol–water partition coefficient (Wildman–Crippen LogP) is 2.04. The quantitative estimate of drug-likeness (QED) is 0.669. The lowest BCUT2D eigenvalue weighted by molar-refractivity contribution is 0.0600. The van der Waals surface area contributed by atoms with E-state index in [-0.39, 0.29) is 6.61 Å². The summed E-state index contributed by atoms with van der Waals surface area (Å²) >= 11 is 0. The number of rotatable bonds is 5. The molecule has 110 valence electrons. The fourth-order valence-electron chi connectivity index (χ4n) is 1.73. The molecule has 1 aromatic heterocycles. The van der Waals surface area contributed by atoms with E-state index >= 15 is 0 Å². The maximum atomic E-state index is 11.4. The molecule has 0 radical (unpaired) electrons. The molecule has 0 atom stereocenters. The van der Waals surface area contributed by atoms with Crippen LogP contribution in [0.2, 0.25) is 0 Å². The first-order valence-corrected chi connectivity index (χ1v) is 6.24. The second-order valence-corrected chi connectivity index (χ2v) is 4.20. The summed E-state index contributed by atoms with van der Waals surface area (Å²) in [6, 6.07) is 10.1. The monoisotopic (exact) mass is 288 g/mol. The first-order chi connectivity index (χ1) is 10.1. The van der Waals surface area contributed by atoms with E-state index in [1.54, 1.807) is 25.3 Å². The van der Waals surface area contributed by atoms with E-state index in [1.165, 1.54) is 13.2 Å². The summed E-state index contributed by atoms with van der Waals surface area (Å²) in [5.41, 5.74) is 7.31. The number of nitrogens with zero attached hydrogens (tertiary/aromatic N) is 1. The average molecular weight is 288 g/mol. The van der Waals surface area contributed by atoms with Crippen LogP contribution in [0, 0.1) is 0 Å². The van der Waals surface area contributed by atoms with Crippen molar-refractivity contribution < 1.29 is 19.0 Å². The van der Waals surface area contributed by atoms with Crippen molar-refractivity contribution in [2.45, 2.75) is 6.61 Å². The van der Waals surface area contributed by atoms with Crippen LogP contribution in [0.1, 0.15) is 16.1 Å². The number of nitrogen functional groups attached to an aromatic ring is 1. The molecular formula is C15H16N2O4. The van der Waals surface area contributed by atoms with Gasteiger partial charge in [0.15, 0.2) is 0 Å². The Morgan fingerprint density at radius 1 is 1.24 bits per heavy atom. The van der Waals surface area contributed by atoms with Gasteiger partial charge in [0.1, 0.15) is 12.4 Å². The Labute approximate surface area is 122 Å². The molecule has 2 rings (SSSR count). The molecule has 1 aromatic carbocycles. The molecule has 0 saturated carbocycles. The topological polar surface area (TPSA) is 83.7 Å². The number of nitrogens with two attached hydrogens (primary N) is 1. The molecule has 2 aromatic rings. The summed E-state index contributed by atoms with van der Waals surface area (Å²) < 4.78 is 15.3. The summed E-state index contributed by atoms with van der Waals surface area (Å²) in [5.74, 6) is 0.556. The molecule has 6 heteroatoms.